The fourth-order valence-corrected chi connectivity index (χ4v) is 4.14. The lowest BCUT2D eigenvalue weighted by atomic mass is 9.83. The summed E-state index contributed by atoms with van der Waals surface area (Å²) in [5, 5.41) is 0. The summed E-state index contributed by atoms with van der Waals surface area (Å²) in [4.78, 5) is 18.5. The lowest BCUT2D eigenvalue weighted by Crippen LogP contribution is -2.22. The zero-order valence-corrected chi connectivity index (χ0v) is 13.2. The fraction of sp³-hybridized carbons (Fsp3) is 0.750. The van der Waals surface area contributed by atoms with E-state index in [0.717, 1.165) is 21.9 Å². The number of carbonyl (C=O) groups is 1. The summed E-state index contributed by atoms with van der Waals surface area (Å²) < 4.78 is 5.89. The van der Waals surface area contributed by atoms with Gasteiger partial charge in [0.2, 0.25) is 0 Å². The minimum absolute atomic E-state index is 0.254. The molecule has 0 N–H and O–H groups in total. The molecule has 0 aliphatic heterocycles. The zero-order chi connectivity index (χ0) is 14.1. The van der Waals surface area contributed by atoms with Crippen molar-refractivity contribution in [2.24, 2.45) is 16.8 Å². The molecule has 0 spiro atoms. The minimum atomic E-state index is 0.254. The van der Waals surface area contributed by atoms with Gasteiger partial charge in [0.1, 0.15) is 10.6 Å². The first-order chi connectivity index (χ1) is 9.63. The lowest BCUT2D eigenvalue weighted by molar-refractivity contribution is 0.0930. The van der Waals surface area contributed by atoms with Gasteiger partial charge in [-0.25, -0.2) is 4.99 Å². The van der Waals surface area contributed by atoms with Crippen LogP contribution in [0.1, 0.15) is 67.8 Å². The molecular formula is C16H23NO2S. The quantitative estimate of drug-likeness (QED) is 0.828. The summed E-state index contributed by atoms with van der Waals surface area (Å²) in [5.74, 6) is 2.10. The van der Waals surface area contributed by atoms with Gasteiger partial charge in [0.25, 0.3) is 4.87 Å². The summed E-state index contributed by atoms with van der Waals surface area (Å²) in [5.41, 5.74) is 0. The normalized spacial score (nSPS) is 25.2. The van der Waals surface area contributed by atoms with Crippen LogP contribution in [0.5, 0.6) is 0 Å². The Bertz CT molecular complexity index is 549. The van der Waals surface area contributed by atoms with Crippen molar-refractivity contribution >= 4 is 17.1 Å². The van der Waals surface area contributed by atoms with E-state index < -0.39 is 0 Å². The zero-order valence-electron chi connectivity index (χ0n) is 12.4. The van der Waals surface area contributed by atoms with E-state index >= 15 is 0 Å². The smallest absolute Gasteiger partial charge is 0.274 e. The van der Waals surface area contributed by atoms with Crippen LogP contribution in [0.25, 0.3) is 0 Å². The number of Topliss-reactive ketones (excluding diaryl/α,β-unsaturated/α-hetero) is 1. The summed E-state index contributed by atoms with van der Waals surface area (Å²) >= 11 is 1.47. The molecule has 1 aromatic heterocycles. The molecule has 1 saturated carbocycles. The van der Waals surface area contributed by atoms with Gasteiger partial charge in [0.15, 0.2) is 5.78 Å². The Labute approximate surface area is 124 Å². The average molecular weight is 293 g/mol. The van der Waals surface area contributed by atoms with Gasteiger partial charge in [-0.2, -0.15) is 0 Å². The highest BCUT2D eigenvalue weighted by Gasteiger charge is 2.30. The predicted octanol–water partition coefficient (Wildman–Crippen LogP) is 3.98. The lowest BCUT2D eigenvalue weighted by Gasteiger charge is -2.22. The van der Waals surface area contributed by atoms with Crippen molar-refractivity contribution in [2.75, 3.05) is 0 Å². The van der Waals surface area contributed by atoms with Crippen molar-refractivity contribution < 1.29 is 9.21 Å². The van der Waals surface area contributed by atoms with Crippen molar-refractivity contribution in [1.29, 1.82) is 0 Å². The second-order valence-electron chi connectivity index (χ2n) is 6.48. The van der Waals surface area contributed by atoms with Crippen LogP contribution in [0.2, 0.25) is 0 Å². The molecule has 1 aromatic rings. The monoisotopic (exact) mass is 293 g/mol. The van der Waals surface area contributed by atoms with Crippen LogP contribution in [0.4, 0.5) is 0 Å². The Morgan fingerprint density at radius 2 is 1.95 bits per heavy atom. The molecule has 20 heavy (non-hydrogen) atoms. The van der Waals surface area contributed by atoms with Crippen LogP contribution < -0.4 is 4.87 Å². The van der Waals surface area contributed by atoms with Crippen molar-refractivity contribution in [3.63, 3.8) is 0 Å². The molecule has 2 aliphatic carbocycles. The number of nitrogens with zero attached hydrogens (tertiary/aromatic N) is 1. The third-order valence-electron chi connectivity index (χ3n) is 4.61. The van der Waals surface area contributed by atoms with Crippen LogP contribution in [-0.2, 0) is 6.42 Å². The number of carbonyl (C=O) groups excluding carboxylic acids is 1. The Morgan fingerprint density at radius 3 is 2.65 bits per heavy atom. The molecule has 0 saturated heterocycles. The molecule has 0 radical (unpaired) electrons. The Hall–Kier alpha value is -0.900. The molecule has 0 bridgehead atoms. The Balaban J connectivity index is 1.85. The summed E-state index contributed by atoms with van der Waals surface area (Å²) in [6, 6.07) is 0.406. The molecule has 1 atom stereocenters. The Kier molecular flexibility index (Phi) is 4.11. The average Bonchev–Trinajstić information content (AvgIpc) is 2.83. The van der Waals surface area contributed by atoms with E-state index in [9.17, 15) is 4.79 Å². The maximum Gasteiger partial charge on any atom is 0.274 e. The molecule has 4 heteroatoms. The van der Waals surface area contributed by atoms with E-state index in [1.165, 1.54) is 43.4 Å². The Morgan fingerprint density at radius 1 is 1.20 bits per heavy atom. The predicted molar refractivity (Wildman–Crippen MR) is 80.0 cm³/mol. The third kappa shape index (κ3) is 2.90. The number of hydrogen-bond acceptors (Lipinski definition) is 4. The second-order valence-corrected chi connectivity index (χ2v) is 7.44. The largest absolute Gasteiger partial charge is 0.434 e. The van der Waals surface area contributed by atoms with Gasteiger partial charge in [-0.1, -0.05) is 44.4 Å². The molecule has 0 amide bonds. The number of ketones is 1. The van der Waals surface area contributed by atoms with Crippen molar-refractivity contribution in [1.82, 2.24) is 0 Å². The van der Waals surface area contributed by atoms with Gasteiger partial charge in [0, 0.05) is 12.8 Å². The summed E-state index contributed by atoms with van der Waals surface area (Å²) in [7, 11) is 0. The molecule has 1 fully saturated rings. The first kappa shape index (κ1) is 14.1. The van der Waals surface area contributed by atoms with Gasteiger partial charge in [-0.15, -0.1) is 0 Å². The van der Waals surface area contributed by atoms with Gasteiger partial charge in [-0.05, 0) is 24.7 Å². The molecular weight excluding hydrogens is 270 g/mol. The van der Waals surface area contributed by atoms with Crippen LogP contribution in [-0.4, -0.2) is 11.8 Å². The molecule has 1 heterocycles. The highest BCUT2D eigenvalue weighted by Crippen LogP contribution is 2.31. The summed E-state index contributed by atoms with van der Waals surface area (Å²) in [6.45, 7) is 4.37. The van der Waals surface area contributed by atoms with Gasteiger partial charge < -0.3 is 4.42 Å². The van der Waals surface area contributed by atoms with Crippen molar-refractivity contribution in [3.8, 4) is 0 Å². The number of rotatable bonds is 2. The highest BCUT2D eigenvalue weighted by molar-refractivity contribution is 7.11. The molecule has 1 unspecified atom stereocenters. The fourth-order valence-electron chi connectivity index (χ4n) is 3.19. The van der Waals surface area contributed by atoms with E-state index in [-0.39, 0.29) is 5.78 Å². The second kappa shape index (κ2) is 5.84. The van der Waals surface area contributed by atoms with Gasteiger partial charge >= 0.3 is 0 Å². The third-order valence-corrected chi connectivity index (χ3v) is 5.63. The van der Waals surface area contributed by atoms with Gasteiger partial charge in [-0.3, -0.25) is 4.79 Å². The molecule has 3 rings (SSSR count). The maximum absolute atomic E-state index is 12.2. The number of hydrogen-bond donors (Lipinski definition) is 0. The van der Waals surface area contributed by atoms with Crippen LogP contribution in [0.15, 0.2) is 9.41 Å². The van der Waals surface area contributed by atoms with E-state index in [2.05, 4.69) is 13.8 Å². The van der Waals surface area contributed by atoms with E-state index in [1.54, 1.807) is 0 Å². The van der Waals surface area contributed by atoms with E-state index in [0.29, 0.717) is 24.3 Å². The first-order valence-corrected chi connectivity index (χ1v) is 8.65. The van der Waals surface area contributed by atoms with Crippen LogP contribution in [0.3, 0.4) is 0 Å². The molecule has 3 nitrogen and oxygen atoms in total. The first-order valence-electron chi connectivity index (χ1n) is 7.83. The molecule has 0 aromatic carbocycles. The topological polar surface area (TPSA) is 42.6 Å². The molecule has 110 valence electrons. The SMILES string of the molecule is CC(C)C1CC(=O)c2sc(=NC3CCCCC3)oc2C1. The molecule has 2 aliphatic rings. The van der Waals surface area contributed by atoms with Crippen LogP contribution in [0, 0.1) is 11.8 Å². The maximum atomic E-state index is 12.2. The minimum Gasteiger partial charge on any atom is -0.434 e. The highest BCUT2D eigenvalue weighted by atomic mass is 32.1. The van der Waals surface area contributed by atoms with E-state index in [1.807, 2.05) is 0 Å². The van der Waals surface area contributed by atoms with E-state index in [4.69, 9.17) is 9.41 Å². The summed E-state index contributed by atoms with van der Waals surface area (Å²) in [6.07, 6.45) is 7.78. The van der Waals surface area contributed by atoms with Gasteiger partial charge in [0.05, 0.1) is 6.04 Å². The number of fused-ring (bicyclic) bond motifs is 1. The van der Waals surface area contributed by atoms with Crippen molar-refractivity contribution in [2.45, 2.75) is 64.8 Å². The van der Waals surface area contributed by atoms with Crippen LogP contribution >= 0.6 is 11.3 Å². The van der Waals surface area contributed by atoms with Crippen molar-refractivity contribution in [3.05, 3.63) is 15.5 Å². The standard InChI is InChI=1S/C16H23NO2S/c1-10(2)11-8-13(18)15-14(9-11)19-16(20-15)17-12-6-4-3-5-7-12/h10-12H,3-9H2,1-2H3.